The topological polar surface area (TPSA) is 91.4 Å². The number of fused-ring (bicyclic) bond motifs is 1. The number of hydrogen-bond donors (Lipinski definition) is 1. The number of benzene rings is 2. The number of rotatable bonds is 7. The van der Waals surface area contributed by atoms with Gasteiger partial charge in [0.2, 0.25) is 5.78 Å². The van der Waals surface area contributed by atoms with Gasteiger partial charge in [-0.15, -0.1) is 0 Å². The molecule has 0 radical (unpaired) electrons. The third kappa shape index (κ3) is 4.25. The second-order valence-corrected chi connectivity index (χ2v) is 8.01. The van der Waals surface area contributed by atoms with Gasteiger partial charge in [-0.1, -0.05) is 30.3 Å². The lowest BCUT2D eigenvalue weighted by atomic mass is 9.93. The largest absolute Gasteiger partial charge is 0.494 e. The van der Waals surface area contributed by atoms with Crippen LogP contribution < -0.4 is 4.74 Å². The van der Waals surface area contributed by atoms with Crippen LogP contribution in [-0.4, -0.2) is 52.1 Å². The number of imidazole rings is 1. The van der Waals surface area contributed by atoms with Gasteiger partial charge in [0, 0.05) is 56.3 Å². The normalized spacial score (nSPS) is 13.4. The quantitative estimate of drug-likeness (QED) is 0.559. The van der Waals surface area contributed by atoms with E-state index in [-0.39, 0.29) is 35.7 Å². The molecule has 1 N–H and O–H groups in total. The molecule has 0 bridgehead atoms. The average molecular weight is 448 g/mol. The first-order valence-electron chi connectivity index (χ1n) is 10.7. The molecule has 0 spiro atoms. The molecule has 0 amide bonds. The first-order valence-corrected chi connectivity index (χ1v) is 10.7. The molecule has 0 fully saturated rings. The van der Waals surface area contributed by atoms with Crippen LogP contribution in [-0.2, 0) is 26.4 Å². The van der Waals surface area contributed by atoms with Crippen molar-refractivity contribution in [2.75, 3.05) is 26.8 Å². The molecule has 1 aliphatic rings. The van der Waals surface area contributed by atoms with Crippen LogP contribution in [0.1, 0.15) is 33.1 Å². The minimum absolute atomic E-state index is 0.0214. The molecule has 0 unspecified atom stereocenters. The number of carbonyl (C=O) groups excluding carboxylic acids is 1. The van der Waals surface area contributed by atoms with Gasteiger partial charge >= 0.3 is 0 Å². The molecule has 1 aliphatic heterocycles. The number of Topliss-reactive ketones (excluding diaryl/α,β-unsaturated/α-hetero) is 1. The van der Waals surface area contributed by atoms with Crippen LogP contribution in [0.3, 0.4) is 0 Å². The number of nitriles is 1. The van der Waals surface area contributed by atoms with Crippen molar-refractivity contribution in [3.63, 3.8) is 0 Å². The summed E-state index contributed by atoms with van der Waals surface area (Å²) in [4.78, 5) is 19.9. The third-order valence-corrected chi connectivity index (χ3v) is 6.09. The molecule has 0 saturated heterocycles. The zero-order chi connectivity index (χ0) is 23.5. The standard InChI is InChI=1S/C25H25FN4O3/c1-29-21-9-10-30(11-12-31)15-20(21)28-25(29)22(32)13-16-5-3-6-17(19(16)14-27)18-7-4-8-23(33-2)24(18)26/h3-8,31H,9-13,15H2,1-2H3. The van der Waals surface area contributed by atoms with E-state index >= 15 is 0 Å². The molecule has 4 rings (SSSR count). The van der Waals surface area contributed by atoms with Crippen molar-refractivity contribution in [1.29, 1.82) is 5.26 Å². The first kappa shape index (κ1) is 22.6. The molecule has 0 atom stereocenters. The van der Waals surface area contributed by atoms with E-state index in [1.807, 2.05) is 11.6 Å². The second kappa shape index (κ2) is 9.53. The molecule has 8 heteroatoms. The van der Waals surface area contributed by atoms with Crippen molar-refractivity contribution in [3.05, 3.63) is 70.6 Å². The number of ether oxygens (including phenoxy) is 1. The Labute approximate surface area is 191 Å². The molecule has 0 saturated carbocycles. The summed E-state index contributed by atoms with van der Waals surface area (Å²) >= 11 is 0. The monoisotopic (exact) mass is 448 g/mol. The summed E-state index contributed by atoms with van der Waals surface area (Å²) in [5.41, 5.74) is 3.29. The molecular formula is C25H25FN4O3. The smallest absolute Gasteiger partial charge is 0.202 e. The third-order valence-electron chi connectivity index (χ3n) is 6.09. The summed E-state index contributed by atoms with van der Waals surface area (Å²) in [6, 6.07) is 12.0. The number of β-amino-alcohol motifs (C(OH)–C–C–N with tert-alkyl or cyclic N) is 1. The first-order chi connectivity index (χ1) is 16.0. The number of nitrogens with zero attached hydrogens (tertiary/aromatic N) is 4. The van der Waals surface area contributed by atoms with Crippen LogP contribution in [0.2, 0.25) is 0 Å². The Morgan fingerprint density at radius 1 is 1.27 bits per heavy atom. The van der Waals surface area contributed by atoms with Gasteiger partial charge in [-0.2, -0.15) is 5.26 Å². The highest BCUT2D eigenvalue weighted by Crippen LogP contribution is 2.33. The zero-order valence-corrected chi connectivity index (χ0v) is 18.6. The summed E-state index contributed by atoms with van der Waals surface area (Å²) in [5, 5.41) is 19.1. The molecule has 33 heavy (non-hydrogen) atoms. The Balaban J connectivity index is 1.66. The average Bonchev–Trinajstić information content (AvgIpc) is 3.15. The minimum Gasteiger partial charge on any atom is -0.494 e. The van der Waals surface area contributed by atoms with Crippen LogP contribution >= 0.6 is 0 Å². The van der Waals surface area contributed by atoms with Crippen molar-refractivity contribution in [1.82, 2.24) is 14.5 Å². The van der Waals surface area contributed by atoms with Crippen LogP contribution in [0, 0.1) is 17.1 Å². The van der Waals surface area contributed by atoms with Crippen molar-refractivity contribution in [3.8, 4) is 22.9 Å². The Morgan fingerprint density at radius 2 is 2.03 bits per heavy atom. The van der Waals surface area contributed by atoms with Gasteiger partial charge in [0.25, 0.3) is 0 Å². The maximum atomic E-state index is 14.9. The summed E-state index contributed by atoms with van der Waals surface area (Å²) in [6.45, 7) is 2.03. The predicted molar refractivity (Wildman–Crippen MR) is 120 cm³/mol. The maximum absolute atomic E-state index is 14.9. The van der Waals surface area contributed by atoms with Crippen molar-refractivity contribution in [2.45, 2.75) is 19.4 Å². The fourth-order valence-corrected chi connectivity index (χ4v) is 4.40. The molecule has 0 aliphatic carbocycles. The maximum Gasteiger partial charge on any atom is 0.202 e. The van der Waals surface area contributed by atoms with Crippen LogP contribution in [0.4, 0.5) is 4.39 Å². The Bertz CT molecular complexity index is 1250. The molecule has 1 aromatic heterocycles. The van der Waals surface area contributed by atoms with E-state index in [2.05, 4.69) is 16.0 Å². The molecule has 2 heterocycles. The number of ketones is 1. The molecule has 3 aromatic rings. The number of hydrogen-bond acceptors (Lipinski definition) is 6. The van der Waals surface area contributed by atoms with Crippen molar-refractivity contribution < 1.29 is 19.0 Å². The van der Waals surface area contributed by atoms with E-state index in [1.165, 1.54) is 13.2 Å². The Kier molecular flexibility index (Phi) is 6.54. The summed E-state index contributed by atoms with van der Waals surface area (Å²) in [7, 11) is 3.21. The van der Waals surface area contributed by atoms with E-state index in [0.29, 0.717) is 30.0 Å². The number of carbonyl (C=O) groups is 1. The second-order valence-electron chi connectivity index (χ2n) is 8.01. The zero-order valence-electron chi connectivity index (χ0n) is 18.6. The van der Waals surface area contributed by atoms with Crippen molar-refractivity contribution in [2.24, 2.45) is 7.05 Å². The summed E-state index contributed by atoms with van der Waals surface area (Å²) in [5.74, 6) is -0.330. The van der Waals surface area contributed by atoms with Crippen molar-refractivity contribution >= 4 is 5.78 Å². The fourth-order valence-electron chi connectivity index (χ4n) is 4.40. The van der Waals surface area contributed by atoms with Gasteiger partial charge in [-0.05, 0) is 11.6 Å². The minimum atomic E-state index is -0.552. The lowest BCUT2D eigenvalue weighted by molar-refractivity contribution is 0.0979. The molecule has 7 nitrogen and oxygen atoms in total. The lowest BCUT2D eigenvalue weighted by Gasteiger charge is -2.25. The Hall–Kier alpha value is -3.54. The predicted octanol–water partition coefficient (Wildman–Crippen LogP) is 2.88. The highest BCUT2D eigenvalue weighted by molar-refractivity contribution is 5.95. The number of methoxy groups -OCH3 is 1. The number of halogens is 1. The Morgan fingerprint density at radius 3 is 2.76 bits per heavy atom. The van der Waals surface area contributed by atoms with Gasteiger partial charge in [-0.3, -0.25) is 9.69 Å². The lowest BCUT2D eigenvalue weighted by Crippen LogP contribution is -2.33. The summed E-state index contributed by atoms with van der Waals surface area (Å²) < 4.78 is 21.8. The van der Waals surface area contributed by atoms with E-state index in [0.717, 1.165) is 24.4 Å². The molecule has 2 aromatic carbocycles. The fraction of sp³-hybridized carbons (Fsp3) is 0.320. The van der Waals surface area contributed by atoms with Gasteiger partial charge in [0.05, 0.1) is 25.0 Å². The summed E-state index contributed by atoms with van der Waals surface area (Å²) in [6.07, 6.45) is 0.729. The van der Waals surface area contributed by atoms with Gasteiger partial charge in [-0.25, -0.2) is 9.37 Å². The van der Waals surface area contributed by atoms with Crippen LogP contribution in [0.15, 0.2) is 36.4 Å². The highest BCUT2D eigenvalue weighted by atomic mass is 19.1. The van der Waals surface area contributed by atoms with E-state index in [9.17, 15) is 19.6 Å². The number of aromatic nitrogens is 2. The number of aliphatic hydroxyl groups is 1. The van der Waals surface area contributed by atoms with Crippen LogP contribution in [0.5, 0.6) is 5.75 Å². The van der Waals surface area contributed by atoms with Gasteiger partial charge < -0.3 is 14.4 Å². The highest BCUT2D eigenvalue weighted by Gasteiger charge is 2.26. The molecule has 170 valence electrons. The SMILES string of the molecule is COc1cccc(-c2cccc(CC(=O)c3nc4c(n3C)CCN(CCO)C4)c2C#N)c1F. The van der Waals surface area contributed by atoms with Crippen LogP contribution in [0.25, 0.3) is 11.1 Å². The van der Waals surface area contributed by atoms with Gasteiger partial charge in [0.15, 0.2) is 17.4 Å². The van der Waals surface area contributed by atoms with E-state index < -0.39 is 5.82 Å². The molecular weight excluding hydrogens is 423 g/mol. The van der Waals surface area contributed by atoms with E-state index in [1.54, 1.807) is 30.3 Å². The van der Waals surface area contributed by atoms with Gasteiger partial charge in [0.1, 0.15) is 6.07 Å². The van der Waals surface area contributed by atoms with E-state index in [4.69, 9.17) is 4.74 Å². The number of aliphatic hydroxyl groups excluding tert-OH is 1.